The van der Waals surface area contributed by atoms with E-state index < -0.39 is 0 Å². The molecule has 0 bridgehead atoms. The Kier molecular flexibility index (Phi) is 5.24. The van der Waals surface area contributed by atoms with Gasteiger partial charge in [-0.15, -0.1) is 0 Å². The Bertz CT molecular complexity index is 174. The number of hydrogen-bond donors (Lipinski definition) is 0. The first-order valence-corrected chi connectivity index (χ1v) is 6.08. The zero-order chi connectivity index (χ0) is 10.4. The van der Waals surface area contributed by atoms with E-state index in [-0.39, 0.29) is 0 Å². The third-order valence-electron chi connectivity index (χ3n) is 3.17. The van der Waals surface area contributed by atoms with Crippen LogP contribution in [0, 0.1) is 5.92 Å². The molecule has 1 saturated heterocycles. The minimum absolute atomic E-state index is 0.481. The molecular weight excluding hydrogens is 172 g/mol. The second-order valence-electron chi connectivity index (χ2n) is 4.40. The molecule has 0 saturated carbocycles. The van der Waals surface area contributed by atoms with Crippen LogP contribution in [0.3, 0.4) is 0 Å². The smallest absolute Gasteiger partial charge is 0.0681 e. The molecule has 14 heavy (non-hydrogen) atoms. The minimum Gasteiger partial charge on any atom is -0.373 e. The highest BCUT2D eigenvalue weighted by Gasteiger charge is 2.29. The molecule has 0 aromatic heterocycles. The van der Waals surface area contributed by atoms with Crippen molar-refractivity contribution in [2.75, 3.05) is 6.61 Å². The summed E-state index contributed by atoms with van der Waals surface area (Å²) >= 11 is 0. The van der Waals surface area contributed by atoms with Crippen LogP contribution in [0.4, 0.5) is 0 Å². The average Bonchev–Trinajstić information content (AvgIpc) is 2.53. The van der Waals surface area contributed by atoms with Crippen molar-refractivity contribution in [1.82, 2.24) is 0 Å². The van der Waals surface area contributed by atoms with Gasteiger partial charge in [-0.25, -0.2) is 0 Å². The van der Waals surface area contributed by atoms with Crippen LogP contribution in [0.25, 0.3) is 0 Å². The Morgan fingerprint density at radius 3 is 2.50 bits per heavy atom. The van der Waals surface area contributed by atoms with Crippen LogP contribution in [0.2, 0.25) is 0 Å². The molecule has 82 valence electrons. The largest absolute Gasteiger partial charge is 0.373 e. The lowest BCUT2D eigenvalue weighted by atomic mass is 9.89. The van der Waals surface area contributed by atoms with Crippen molar-refractivity contribution in [3.05, 3.63) is 12.2 Å². The summed E-state index contributed by atoms with van der Waals surface area (Å²) in [7, 11) is 0. The molecule has 0 N–H and O–H groups in total. The molecule has 1 rings (SSSR count). The van der Waals surface area contributed by atoms with Gasteiger partial charge < -0.3 is 4.74 Å². The van der Waals surface area contributed by atoms with Crippen LogP contribution >= 0.6 is 0 Å². The summed E-state index contributed by atoms with van der Waals surface area (Å²) in [6.45, 7) is 9.42. The van der Waals surface area contributed by atoms with Crippen molar-refractivity contribution in [3.63, 3.8) is 0 Å². The summed E-state index contributed by atoms with van der Waals surface area (Å²) in [5.41, 5.74) is 1.33. The zero-order valence-electron chi connectivity index (χ0n) is 9.72. The van der Waals surface area contributed by atoms with Crippen molar-refractivity contribution in [3.8, 4) is 0 Å². The van der Waals surface area contributed by atoms with E-state index >= 15 is 0 Å². The lowest BCUT2D eigenvalue weighted by Crippen LogP contribution is -2.16. The van der Waals surface area contributed by atoms with Gasteiger partial charge >= 0.3 is 0 Å². The Balaban J connectivity index is 2.36. The van der Waals surface area contributed by atoms with Gasteiger partial charge in [0.2, 0.25) is 0 Å². The SMILES string of the molecule is C=C1CO[C@@H](CCCC)[C@@H]1CCCC. The second kappa shape index (κ2) is 6.23. The fraction of sp³-hybridized carbons (Fsp3) is 0.846. The van der Waals surface area contributed by atoms with E-state index in [0.29, 0.717) is 12.0 Å². The van der Waals surface area contributed by atoms with Gasteiger partial charge in [0.15, 0.2) is 0 Å². The molecule has 2 atom stereocenters. The maximum atomic E-state index is 5.78. The fourth-order valence-corrected chi connectivity index (χ4v) is 2.20. The first kappa shape index (κ1) is 11.8. The summed E-state index contributed by atoms with van der Waals surface area (Å²) in [6, 6.07) is 0. The van der Waals surface area contributed by atoms with E-state index in [1.807, 2.05) is 0 Å². The Labute approximate surface area is 88.5 Å². The predicted octanol–water partition coefficient (Wildman–Crippen LogP) is 3.94. The Hall–Kier alpha value is -0.300. The monoisotopic (exact) mass is 196 g/mol. The summed E-state index contributed by atoms with van der Waals surface area (Å²) < 4.78 is 5.78. The van der Waals surface area contributed by atoms with Crippen LogP contribution in [0.5, 0.6) is 0 Å². The van der Waals surface area contributed by atoms with E-state index in [2.05, 4.69) is 20.4 Å². The molecule has 0 unspecified atom stereocenters. The van der Waals surface area contributed by atoms with Crippen LogP contribution in [0.1, 0.15) is 52.4 Å². The molecule has 0 radical (unpaired) electrons. The molecular formula is C13H24O. The van der Waals surface area contributed by atoms with E-state index in [1.165, 1.54) is 44.1 Å². The van der Waals surface area contributed by atoms with Gasteiger partial charge in [-0.2, -0.15) is 0 Å². The molecule has 1 aliphatic heterocycles. The normalized spacial score (nSPS) is 27.1. The lowest BCUT2D eigenvalue weighted by molar-refractivity contribution is 0.0792. The molecule has 0 amide bonds. The van der Waals surface area contributed by atoms with Gasteiger partial charge in [-0.1, -0.05) is 46.1 Å². The summed E-state index contributed by atoms with van der Waals surface area (Å²) in [6.07, 6.45) is 8.15. The summed E-state index contributed by atoms with van der Waals surface area (Å²) in [4.78, 5) is 0. The van der Waals surface area contributed by atoms with Gasteiger partial charge in [0.25, 0.3) is 0 Å². The quantitative estimate of drug-likeness (QED) is 0.585. The first-order chi connectivity index (χ1) is 6.79. The van der Waals surface area contributed by atoms with Crippen LogP contribution in [-0.4, -0.2) is 12.7 Å². The maximum absolute atomic E-state index is 5.78. The van der Waals surface area contributed by atoms with Crippen molar-refractivity contribution in [1.29, 1.82) is 0 Å². The highest BCUT2D eigenvalue weighted by atomic mass is 16.5. The molecule has 1 fully saturated rings. The van der Waals surface area contributed by atoms with Crippen LogP contribution < -0.4 is 0 Å². The van der Waals surface area contributed by atoms with Crippen molar-refractivity contribution >= 4 is 0 Å². The zero-order valence-corrected chi connectivity index (χ0v) is 9.72. The Morgan fingerprint density at radius 1 is 1.21 bits per heavy atom. The molecule has 0 aromatic carbocycles. The Morgan fingerprint density at radius 2 is 1.86 bits per heavy atom. The van der Waals surface area contributed by atoms with Crippen molar-refractivity contribution in [2.24, 2.45) is 5.92 Å². The number of unbranched alkanes of at least 4 members (excludes halogenated alkanes) is 2. The molecule has 1 aliphatic rings. The van der Waals surface area contributed by atoms with E-state index in [4.69, 9.17) is 4.74 Å². The molecule has 1 heterocycles. The maximum Gasteiger partial charge on any atom is 0.0681 e. The molecule has 0 aliphatic carbocycles. The van der Waals surface area contributed by atoms with Crippen molar-refractivity contribution in [2.45, 2.75) is 58.5 Å². The third kappa shape index (κ3) is 3.13. The highest BCUT2D eigenvalue weighted by Crippen LogP contribution is 2.32. The van der Waals surface area contributed by atoms with Crippen LogP contribution in [0.15, 0.2) is 12.2 Å². The fourth-order valence-electron chi connectivity index (χ4n) is 2.20. The van der Waals surface area contributed by atoms with Crippen molar-refractivity contribution < 1.29 is 4.74 Å². The predicted molar refractivity (Wildman–Crippen MR) is 61.4 cm³/mol. The molecule has 1 heteroatoms. The van der Waals surface area contributed by atoms with Gasteiger partial charge in [-0.05, 0) is 18.4 Å². The molecule has 0 aromatic rings. The number of rotatable bonds is 6. The topological polar surface area (TPSA) is 9.23 Å². The summed E-state index contributed by atoms with van der Waals surface area (Å²) in [5, 5.41) is 0. The summed E-state index contributed by atoms with van der Waals surface area (Å²) in [5.74, 6) is 0.654. The third-order valence-corrected chi connectivity index (χ3v) is 3.17. The van der Waals surface area contributed by atoms with E-state index in [1.54, 1.807) is 0 Å². The van der Waals surface area contributed by atoms with Gasteiger partial charge in [0.1, 0.15) is 0 Å². The molecule has 0 spiro atoms. The number of ether oxygens (including phenoxy) is 1. The van der Waals surface area contributed by atoms with Gasteiger partial charge in [0.05, 0.1) is 12.7 Å². The van der Waals surface area contributed by atoms with Gasteiger partial charge in [-0.3, -0.25) is 0 Å². The first-order valence-electron chi connectivity index (χ1n) is 6.08. The highest BCUT2D eigenvalue weighted by molar-refractivity contribution is 5.08. The minimum atomic E-state index is 0.481. The van der Waals surface area contributed by atoms with E-state index in [0.717, 1.165) is 6.61 Å². The standard InChI is InChI=1S/C13H24O/c1-4-6-8-12-11(3)10-14-13(12)9-7-5-2/h12-13H,3-10H2,1-2H3/t12-,13+/m1/s1. The average molecular weight is 196 g/mol. The van der Waals surface area contributed by atoms with E-state index in [9.17, 15) is 0 Å². The van der Waals surface area contributed by atoms with Crippen LogP contribution in [-0.2, 0) is 4.74 Å². The van der Waals surface area contributed by atoms with Gasteiger partial charge in [0, 0.05) is 5.92 Å². The number of hydrogen-bond acceptors (Lipinski definition) is 1. The molecule has 1 nitrogen and oxygen atoms in total. The lowest BCUT2D eigenvalue weighted by Gasteiger charge is -2.18. The second-order valence-corrected chi connectivity index (χ2v) is 4.40.